The molecule has 2 aromatic heterocycles. The molecule has 1 aliphatic heterocycles. The van der Waals surface area contributed by atoms with Crippen LogP contribution in [-0.4, -0.2) is 38.4 Å². The van der Waals surface area contributed by atoms with Crippen LogP contribution in [0.25, 0.3) is 17.3 Å². The van der Waals surface area contributed by atoms with Crippen LogP contribution >= 0.6 is 12.2 Å². The molecule has 1 aliphatic rings. The molecule has 0 fully saturated rings. The lowest BCUT2D eigenvalue weighted by Crippen LogP contribution is -2.46. The van der Waals surface area contributed by atoms with E-state index in [9.17, 15) is 4.79 Å². The maximum Gasteiger partial charge on any atom is 0.323 e. The van der Waals surface area contributed by atoms with E-state index in [-0.39, 0.29) is 5.97 Å². The van der Waals surface area contributed by atoms with Gasteiger partial charge in [-0.3, -0.25) is 14.3 Å². The van der Waals surface area contributed by atoms with Crippen molar-refractivity contribution in [1.29, 1.82) is 0 Å². The van der Waals surface area contributed by atoms with Crippen molar-refractivity contribution in [1.82, 2.24) is 19.2 Å². The highest BCUT2D eigenvalue weighted by Crippen LogP contribution is 2.27. The molecule has 0 spiro atoms. The monoisotopic (exact) mass is 446 g/mol. The Morgan fingerprint density at radius 1 is 1.09 bits per heavy atom. The zero-order chi connectivity index (χ0) is 22.1. The number of aromatic nitrogens is 3. The molecular weight excluding hydrogens is 424 g/mol. The van der Waals surface area contributed by atoms with E-state index in [2.05, 4.69) is 17.0 Å². The normalized spacial score (nSPS) is 16.0. The van der Waals surface area contributed by atoms with Gasteiger partial charge in [0.2, 0.25) is 10.6 Å². The van der Waals surface area contributed by atoms with Crippen LogP contribution < -0.4 is 0 Å². The second kappa shape index (κ2) is 8.57. The summed E-state index contributed by atoms with van der Waals surface area (Å²) in [5, 5.41) is 4.79. The predicted octanol–water partition coefficient (Wildman–Crippen LogP) is 4.22. The first kappa shape index (κ1) is 20.4. The number of rotatable bonds is 5. The fourth-order valence-electron chi connectivity index (χ4n) is 4.14. The van der Waals surface area contributed by atoms with E-state index in [4.69, 9.17) is 26.5 Å². The van der Waals surface area contributed by atoms with Crippen molar-refractivity contribution in [2.45, 2.75) is 25.7 Å². The molecule has 4 aromatic rings. The molecular formula is C24H22N4O3S. The summed E-state index contributed by atoms with van der Waals surface area (Å²) in [5.74, 6) is 0.963. The number of furan rings is 1. The topological polar surface area (TPSA) is 65.4 Å². The molecule has 0 saturated carbocycles. The van der Waals surface area contributed by atoms with Crippen molar-refractivity contribution in [2.75, 3.05) is 7.11 Å². The van der Waals surface area contributed by atoms with Crippen LogP contribution in [0.3, 0.4) is 0 Å². The summed E-state index contributed by atoms with van der Waals surface area (Å²) < 4.78 is 14.9. The largest absolute Gasteiger partial charge is 0.468 e. The van der Waals surface area contributed by atoms with Crippen LogP contribution in [0, 0.1) is 4.77 Å². The van der Waals surface area contributed by atoms with Gasteiger partial charge in [0.1, 0.15) is 6.04 Å². The van der Waals surface area contributed by atoms with E-state index < -0.39 is 6.04 Å². The van der Waals surface area contributed by atoms with Gasteiger partial charge in [-0.15, -0.1) is 5.10 Å². The van der Waals surface area contributed by atoms with E-state index in [0.717, 1.165) is 11.3 Å². The maximum absolute atomic E-state index is 12.6. The summed E-state index contributed by atoms with van der Waals surface area (Å²) in [6.45, 7) is 0.951. The van der Waals surface area contributed by atoms with Gasteiger partial charge in [0, 0.05) is 6.54 Å². The van der Waals surface area contributed by atoms with Crippen LogP contribution in [0.15, 0.2) is 77.4 Å². The van der Waals surface area contributed by atoms with E-state index in [0.29, 0.717) is 36.0 Å². The number of nitrogens with zero attached hydrogens (tertiary/aromatic N) is 4. The molecule has 32 heavy (non-hydrogen) atoms. The highest BCUT2D eigenvalue weighted by atomic mass is 32.1. The number of fused-ring (bicyclic) bond motifs is 1. The van der Waals surface area contributed by atoms with Crippen molar-refractivity contribution in [2.24, 2.45) is 0 Å². The van der Waals surface area contributed by atoms with E-state index in [1.165, 1.54) is 12.7 Å². The molecule has 162 valence electrons. The Kier molecular flexibility index (Phi) is 5.46. The third-order valence-corrected chi connectivity index (χ3v) is 6.12. The summed E-state index contributed by atoms with van der Waals surface area (Å²) in [6.07, 6.45) is 2.20. The summed E-state index contributed by atoms with van der Waals surface area (Å²) in [4.78, 5) is 14.7. The summed E-state index contributed by atoms with van der Waals surface area (Å²) >= 11 is 5.83. The van der Waals surface area contributed by atoms with E-state index in [1.54, 1.807) is 10.9 Å². The van der Waals surface area contributed by atoms with Crippen LogP contribution in [0.4, 0.5) is 0 Å². The van der Waals surface area contributed by atoms with Crippen LogP contribution in [0.1, 0.15) is 11.1 Å². The fraction of sp³-hybridized carbons (Fsp3) is 0.208. The van der Waals surface area contributed by atoms with Crippen molar-refractivity contribution in [3.8, 4) is 17.3 Å². The van der Waals surface area contributed by atoms with Gasteiger partial charge in [-0.25, -0.2) is 4.68 Å². The average molecular weight is 447 g/mol. The zero-order valence-electron chi connectivity index (χ0n) is 17.5. The lowest BCUT2D eigenvalue weighted by atomic mass is 9.94. The number of carbonyl (C=O) groups excluding carboxylic acids is 1. The molecule has 3 heterocycles. The maximum atomic E-state index is 12.6. The van der Waals surface area contributed by atoms with Gasteiger partial charge in [-0.05, 0) is 54.0 Å². The summed E-state index contributed by atoms with van der Waals surface area (Å²) in [5.41, 5.74) is 3.24. The third kappa shape index (κ3) is 3.68. The Bertz CT molecular complexity index is 1290. The van der Waals surface area contributed by atoms with E-state index in [1.807, 2.05) is 59.2 Å². The number of esters is 1. The Balaban J connectivity index is 1.56. The van der Waals surface area contributed by atoms with Gasteiger partial charge in [-0.1, -0.05) is 42.5 Å². The highest BCUT2D eigenvalue weighted by molar-refractivity contribution is 7.71. The number of carbonyl (C=O) groups is 1. The number of benzene rings is 2. The average Bonchev–Trinajstić information content (AvgIpc) is 3.47. The first-order valence-corrected chi connectivity index (χ1v) is 10.7. The molecule has 0 bridgehead atoms. The molecule has 0 saturated heterocycles. The minimum Gasteiger partial charge on any atom is -0.468 e. The minimum absolute atomic E-state index is 0.264. The first-order valence-electron chi connectivity index (χ1n) is 10.3. The molecule has 2 aromatic carbocycles. The number of para-hydroxylation sites is 1. The molecule has 5 rings (SSSR count). The van der Waals surface area contributed by atoms with Gasteiger partial charge in [0.05, 0.1) is 25.7 Å². The molecule has 7 nitrogen and oxygen atoms in total. The molecule has 0 radical (unpaired) electrons. The predicted molar refractivity (Wildman–Crippen MR) is 122 cm³/mol. The second-order valence-corrected chi connectivity index (χ2v) is 8.02. The summed E-state index contributed by atoms with van der Waals surface area (Å²) in [6, 6.07) is 21.2. The SMILES string of the molecule is COC(=O)[C@H]1Cc2ccccc2CN1Cn1nc(-c2ccco2)n(-c2ccccc2)c1=S. The number of methoxy groups -OCH3 is 1. The highest BCUT2D eigenvalue weighted by Gasteiger charge is 2.33. The van der Waals surface area contributed by atoms with Crippen LogP contribution in [0.5, 0.6) is 0 Å². The van der Waals surface area contributed by atoms with Gasteiger partial charge >= 0.3 is 5.97 Å². The Morgan fingerprint density at radius 3 is 2.56 bits per heavy atom. The lowest BCUT2D eigenvalue weighted by Gasteiger charge is -2.34. The fourth-order valence-corrected chi connectivity index (χ4v) is 4.43. The lowest BCUT2D eigenvalue weighted by molar-refractivity contribution is -0.148. The standard InChI is InChI=1S/C24H22N4O3S/c1-30-23(29)20-14-17-8-5-6-9-18(17)15-26(20)16-27-24(32)28(19-10-3-2-4-11-19)22(25-27)21-12-7-13-31-21/h2-13,20H,14-16H2,1H3/t20-/m1/s1. The molecule has 0 unspecified atom stereocenters. The van der Waals surface area contributed by atoms with Gasteiger partial charge in [0.15, 0.2) is 5.76 Å². The number of ether oxygens (including phenoxy) is 1. The Labute approximate surface area is 190 Å². The molecule has 1 atom stereocenters. The van der Waals surface area contributed by atoms with Crippen molar-refractivity contribution in [3.63, 3.8) is 0 Å². The molecule has 8 heteroatoms. The van der Waals surface area contributed by atoms with Crippen molar-refractivity contribution >= 4 is 18.2 Å². The Morgan fingerprint density at radius 2 is 1.84 bits per heavy atom. The minimum atomic E-state index is -0.411. The summed E-state index contributed by atoms with van der Waals surface area (Å²) in [7, 11) is 1.42. The smallest absolute Gasteiger partial charge is 0.323 e. The molecule has 0 N–H and O–H groups in total. The van der Waals surface area contributed by atoms with Crippen molar-refractivity contribution < 1.29 is 13.9 Å². The van der Waals surface area contributed by atoms with E-state index >= 15 is 0 Å². The van der Waals surface area contributed by atoms with Crippen LogP contribution in [-0.2, 0) is 29.2 Å². The molecule has 0 aliphatic carbocycles. The number of hydrogen-bond acceptors (Lipinski definition) is 6. The number of hydrogen-bond donors (Lipinski definition) is 0. The van der Waals surface area contributed by atoms with Gasteiger partial charge < -0.3 is 9.15 Å². The Hall–Kier alpha value is -3.49. The van der Waals surface area contributed by atoms with Gasteiger partial charge in [0.25, 0.3) is 0 Å². The molecule has 0 amide bonds. The van der Waals surface area contributed by atoms with Crippen molar-refractivity contribution in [3.05, 3.63) is 88.9 Å². The first-order chi connectivity index (χ1) is 15.7. The quantitative estimate of drug-likeness (QED) is 0.338. The van der Waals surface area contributed by atoms with Gasteiger partial charge in [-0.2, -0.15) is 0 Å². The third-order valence-electron chi connectivity index (χ3n) is 5.73. The zero-order valence-corrected chi connectivity index (χ0v) is 18.4. The second-order valence-electron chi connectivity index (χ2n) is 7.65. The van der Waals surface area contributed by atoms with Crippen LogP contribution in [0.2, 0.25) is 0 Å².